The van der Waals surface area contributed by atoms with Crippen LogP contribution < -0.4 is 14.8 Å². The van der Waals surface area contributed by atoms with Gasteiger partial charge in [0, 0.05) is 30.0 Å². The van der Waals surface area contributed by atoms with E-state index in [1.54, 1.807) is 0 Å². The van der Waals surface area contributed by atoms with E-state index in [1.807, 2.05) is 39.0 Å². The molecule has 32 heavy (non-hydrogen) atoms. The summed E-state index contributed by atoms with van der Waals surface area (Å²) in [6, 6.07) is 14.1. The fraction of sp³-hybridized carbons (Fsp3) is 0.407. The van der Waals surface area contributed by atoms with Crippen molar-refractivity contribution < 1.29 is 19.1 Å². The van der Waals surface area contributed by atoms with Gasteiger partial charge < -0.3 is 14.8 Å². The number of amides is 1. The second-order valence-electron chi connectivity index (χ2n) is 8.94. The SMILES string of the molecule is CCOc1cc(C2CC(=O)NC3=C2C(=O)CC(c2ccc(C)cc2)C3)ccc1OC(C)C. The number of rotatable bonds is 6. The van der Waals surface area contributed by atoms with E-state index >= 15 is 0 Å². The Hall–Kier alpha value is -3.08. The Bertz CT molecular complexity index is 1050. The lowest BCUT2D eigenvalue weighted by Gasteiger charge is -2.34. The minimum absolute atomic E-state index is 0.0217. The minimum Gasteiger partial charge on any atom is -0.490 e. The maximum atomic E-state index is 13.3. The molecule has 2 aliphatic rings. The highest BCUT2D eigenvalue weighted by Crippen LogP contribution is 2.44. The van der Waals surface area contributed by atoms with Crippen LogP contribution in [0.3, 0.4) is 0 Å². The zero-order valence-electron chi connectivity index (χ0n) is 19.2. The van der Waals surface area contributed by atoms with Crippen LogP contribution in [0.5, 0.6) is 11.5 Å². The number of carbonyl (C=O) groups is 2. The molecule has 1 heterocycles. The number of aryl methyl sites for hydroxylation is 1. The fourth-order valence-corrected chi connectivity index (χ4v) is 4.68. The average molecular weight is 434 g/mol. The average Bonchev–Trinajstić information content (AvgIpc) is 2.74. The molecule has 0 bridgehead atoms. The second-order valence-corrected chi connectivity index (χ2v) is 8.94. The lowest BCUT2D eigenvalue weighted by molar-refractivity contribution is -0.122. The van der Waals surface area contributed by atoms with E-state index in [0.717, 1.165) is 22.4 Å². The molecule has 5 heteroatoms. The highest BCUT2D eigenvalue weighted by atomic mass is 16.5. The van der Waals surface area contributed by atoms with E-state index in [1.165, 1.54) is 5.56 Å². The van der Waals surface area contributed by atoms with Crippen LogP contribution in [0, 0.1) is 6.92 Å². The zero-order chi connectivity index (χ0) is 22.8. The molecule has 1 N–H and O–H groups in total. The lowest BCUT2D eigenvalue weighted by atomic mass is 9.73. The molecule has 168 valence electrons. The van der Waals surface area contributed by atoms with Crippen molar-refractivity contribution in [3.63, 3.8) is 0 Å². The third-order valence-electron chi connectivity index (χ3n) is 6.12. The van der Waals surface area contributed by atoms with E-state index in [2.05, 4.69) is 36.5 Å². The van der Waals surface area contributed by atoms with Gasteiger partial charge in [0.2, 0.25) is 5.91 Å². The number of hydrogen-bond donors (Lipinski definition) is 1. The van der Waals surface area contributed by atoms with Crippen LogP contribution in [0.1, 0.15) is 68.6 Å². The molecule has 5 nitrogen and oxygen atoms in total. The summed E-state index contributed by atoms with van der Waals surface area (Å²) < 4.78 is 11.7. The van der Waals surface area contributed by atoms with Gasteiger partial charge in [0.1, 0.15) is 0 Å². The van der Waals surface area contributed by atoms with E-state index in [4.69, 9.17) is 9.47 Å². The molecular weight excluding hydrogens is 402 g/mol. The van der Waals surface area contributed by atoms with E-state index in [9.17, 15) is 9.59 Å². The predicted molar refractivity (Wildman–Crippen MR) is 124 cm³/mol. The summed E-state index contributed by atoms with van der Waals surface area (Å²) in [6.45, 7) is 8.43. The summed E-state index contributed by atoms with van der Waals surface area (Å²) in [5, 5.41) is 3.00. The van der Waals surface area contributed by atoms with Crippen molar-refractivity contribution in [2.24, 2.45) is 0 Å². The van der Waals surface area contributed by atoms with E-state index in [0.29, 0.717) is 30.9 Å². The normalized spacial score (nSPS) is 20.8. The van der Waals surface area contributed by atoms with Gasteiger partial charge in [0.25, 0.3) is 0 Å². The monoisotopic (exact) mass is 433 g/mol. The minimum atomic E-state index is -0.266. The van der Waals surface area contributed by atoms with Crippen LogP contribution in [0.25, 0.3) is 0 Å². The Morgan fingerprint density at radius 2 is 1.69 bits per heavy atom. The van der Waals surface area contributed by atoms with Gasteiger partial charge in [-0.3, -0.25) is 9.59 Å². The maximum absolute atomic E-state index is 13.3. The lowest BCUT2D eigenvalue weighted by Crippen LogP contribution is -2.38. The molecule has 0 fully saturated rings. The molecule has 0 saturated carbocycles. The third kappa shape index (κ3) is 4.57. The predicted octanol–water partition coefficient (Wildman–Crippen LogP) is 5.19. The van der Waals surface area contributed by atoms with Crippen molar-refractivity contribution in [2.75, 3.05) is 6.61 Å². The molecule has 2 unspecified atom stereocenters. The molecule has 1 aliphatic carbocycles. The molecule has 0 radical (unpaired) electrons. The smallest absolute Gasteiger partial charge is 0.225 e. The second kappa shape index (κ2) is 9.19. The Morgan fingerprint density at radius 3 is 2.38 bits per heavy atom. The summed E-state index contributed by atoms with van der Waals surface area (Å²) in [5.74, 6) is 1.20. The van der Waals surface area contributed by atoms with Crippen LogP contribution >= 0.6 is 0 Å². The van der Waals surface area contributed by atoms with Crippen molar-refractivity contribution in [3.8, 4) is 11.5 Å². The van der Waals surface area contributed by atoms with Gasteiger partial charge in [-0.2, -0.15) is 0 Å². The molecule has 4 rings (SSSR count). The number of allylic oxidation sites excluding steroid dienone is 2. The van der Waals surface area contributed by atoms with Crippen LogP contribution in [0.4, 0.5) is 0 Å². The van der Waals surface area contributed by atoms with Crippen molar-refractivity contribution in [1.29, 1.82) is 0 Å². The van der Waals surface area contributed by atoms with Gasteiger partial charge in [-0.25, -0.2) is 0 Å². The van der Waals surface area contributed by atoms with E-state index < -0.39 is 0 Å². The summed E-state index contributed by atoms with van der Waals surface area (Å²) in [4.78, 5) is 25.9. The van der Waals surface area contributed by atoms with Gasteiger partial charge in [0.05, 0.1) is 12.7 Å². The van der Waals surface area contributed by atoms with Gasteiger partial charge in [-0.15, -0.1) is 0 Å². The largest absolute Gasteiger partial charge is 0.490 e. The van der Waals surface area contributed by atoms with E-state index in [-0.39, 0.29) is 36.1 Å². The number of hydrogen-bond acceptors (Lipinski definition) is 4. The Balaban J connectivity index is 1.68. The number of benzene rings is 2. The molecule has 1 aliphatic heterocycles. The Kier molecular flexibility index (Phi) is 6.35. The Morgan fingerprint density at radius 1 is 0.969 bits per heavy atom. The first kappa shape index (κ1) is 22.1. The third-order valence-corrected chi connectivity index (χ3v) is 6.12. The summed E-state index contributed by atoms with van der Waals surface area (Å²) in [5.41, 5.74) is 4.76. The first-order valence-electron chi connectivity index (χ1n) is 11.4. The number of nitrogens with one attached hydrogen (secondary N) is 1. The highest BCUT2D eigenvalue weighted by molar-refractivity contribution is 6.02. The maximum Gasteiger partial charge on any atom is 0.225 e. The Labute approximate surface area is 189 Å². The quantitative estimate of drug-likeness (QED) is 0.681. The molecule has 0 spiro atoms. The summed E-state index contributed by atoms with van der Waals surface area (Å²) >= 11 is 0. The summed E-state index contributed by atoms with van der Waals surface area (Å²) in [7, 11) is 0. The van der Waals surface area contributed by atoms with Gasteiger partial charge in [-0.05, 0) is 63.3 Å². The van der Waals surface area contributed by atoms with Crippen LogP contribution in [-0.2, 0) is 9.59 Å². The molecule has 2 atom stereocenters. The highest BCUT2D eigenvalue weighted by Gasteiger charge is 2.38. The molecule has 0 aromatic heterocycles. The summed E-state index contributed by atoms with van der Waals surface area (Å²) in [6.07, 6.45) is 1.41. The number of Topliss-reactive ketones (excluding diaryl/α,β-unsaturated/α-hetero) is 1. The van der Waals surface area contributed by atoms with Crippen molar-refractivity contribution in [2.45, 2.75) is 64.9 Å². The van der Waals surface area contributed by atoms with Gasteiger partial charge in [0.15, 0.2) is 17.3 Å². The van der Waals surface area contributed by atoms with Crippen LogP contribution in [-0.4, -0.2) is 24.4 Å². The number of carbonyl (C=O) groups excluding carboxylic acids is 2. The standard InChI is InChI=1S/C27H31NO4/c1-5-31-25-14-19(10-11-24(25)32-16(2)3)21-15-26(30)28-22-12-20(13-23(29)27(21)22)18-8-6-17(4)7-9-18/h6-11,14,16,20-21H,5,12-13,15H2,1-4H3,(H,28,30). The van der Waals surface area contributed by atoms with Crippen molar-refractivity contribution in [3.05, 3.63) is 70.4 Å². The van der Waals surface area contributed by atoms with Gasteiger partial charge >= 0.3 is 0 Å². The first-order valence-corrected chi connectivity index (χ1v) is 11.4. The molecule has 0 saturated heterocycles. The number of ether oxygens (including phenoxy) is 2. The van der Waals surface area contributed by atoms with Crippen molar-refractivity contribution in [1.82, 2.24) is 5.32 Å². The zero-order valence-corrected chi connectivity index (χ0v) is 19.2. The van der Waals surface area contributed by atoms with Gasteiger partial charge in [-0.1, -0.05) is 35.9 Å². The topological polar surface area (TPSA) is 64.6 Å². The van der Waals surface area contributed by atoms with Crippen LogP contribution in [0.15, 0.2) is 53.7 Å². The van der Waals surface area contributed by atoms with Crippen molar-refractivity contribution >= 4 is 11.7 Å². The molecule has 2 aromatic rings. The first-order chi connectivity index (χ1) is 15.4. The molecule has 1 amide bonds. The van der Waals surface area contributed by atoms with Crippen LogP contribution in [0.2, 0.25) is 0 Å². The molecule has 2 aromatic carbocycles. The fourth-order valence-electron chi connectivity index (χ4n) is 4.68. The molecular formula is C27H31NO4. The number of ketones is 1.